The molecule has 4 rings (SSSR count). The molecule has 1 saturated heterocycles. The van der Waals surface area contributed by atoms with Gasteiger partial charge in [0.1, 0.15) is 0 Å². The van der Waals surface area contributed by atoms with Crippen molar-refractivity contribution in [1.82, 2.24) is 15.1 Å². The fourth-order valence-electron chi connectivity index (χ4n) is 5.23. The maximum Gasteiger partial charge on any atom is 0.220 e. The van der Waals surface area contributed by atoms with E-state index in [1.54, 1.807) is 12.5 Å². The molecule has 1 aromatic carbocycles. The fraction of sp³-hybridized carbons (Fsp3) is 0.537. The van der Waals surface area contributed by atoms with Gasteiger partial charge in [-0.15, -0.1) is 0 Å². The van der Waals surface area contributed by atoms with Gasteiger partial charge >= 0.3 is 0 Å². The Hall–Kier alpha value is -3.59. The molecule has 1 aromatic rings. The third kappa shape index (κ3) is 24.2. The van der Waals surface area contributed by atoms with E-state index in [1.807, 2.05) is 63.5 Å². The Morgan fingerprint density at radius 2 is 1.76 bits per heavy atom. The van der Waals surface area contributed by atoms with E-state index in [2.05, 4.69) is 70.0 Å². The molecule has 3 aliphatic rings. The smallest absolute Gasteiger partial charge is 0.220 e. The van der Waals surface area contributed by atoms with Gasteiger partial charge in [0.25, 0.3) is 0 Å². The van der Waals surface area contributed by atoms with Crippen LogP contribution in [-0.2, 0) is 9.59 Å². The van der Waals surface area contributed by atoms with Crippen LogP contribution < -0.4 is 11.1 Å². The molecule has 1 aliphatic carbocycles. The molecule has 8 nitrogen and oxygen atoms in total. The molecule has 0 radical (unpaired) electrons. The van der Waals surface area contributed by atoms with Crippen molar-refractivity contribution < 1.29 is 14.7 Å². The number of carbonyl (C=O) groups excluding carboxylic acids is 2. The van der Waals surface area contributed by atoms with Crippen molar-refractivity contribution in [1.29, 1.82) is 0 Å². The summed E-state index contributed by atoms with van der Waals surface area (Å²) in [5, 5.41) is 12.7. The summed E-state index contributed by atoms with van der Waals surface area (Å²) in [5.41, 5.74) is 9.46. The quantitative estimate of drug-likeness (QED) is 0.127. The zero-order chi connectivity index (χ0) is 36.3. The number of primary amides is 1. The zero-order valence-electron chi connectivity index (χ0n) is 31.0. The molecule has 0 aromatic heterocycles. The number of aryl methyl sites for hydroxylation is 1. The topological polar surface area (TPSA) is 111 Å². The van der Waals surface area contributed by atoms with Gasteiger partial charge in [-0.25, -0.2) is 0 Å². The first kappa shape index (κ1) is 43.4. The minimum absolute atomic E-state index is 0.0677. The molecule has 2 atom stereocenters. The highest BCUT2D eigenvalue weighted by Crippen LogP contribution is 2.23. The third-order valence-corrected chi connectivity index (χ3v) is 8.20. The standard InChI is InChI=1S/C18H30N4O2.C11H16.C7H8.C5H11NO/c1-15(18(19)24)12-17(23)14-22-10-8-21(9-11-22)7-5-16-4-2-3-6-20-13-16;1-2-3-4-5-8-11-9-6-7-10-11;1-7-5-3-2-4-6-7;1-5(2,3)6-4-7/h3-4,6,13,15,17,23H,2,5,7-12,14H2,1H3,(H2,19,24);2-4,8H,1,5-7,9-10H2;2-6H,1H3;4H,1-3H3,(H,6,7)/b;4-3-;;/t15-,17?;;;/m1.../s1. The van der Waals surface area contributed by atoms with Gasteiger partial charge in [0.2, 0.25) is 12.3 Å². The lowest BCUT2D eigenvalue weighted by Gasteiger charge is -2.35. The van der Waals surface area contributed by atoms with Crippen LogP contribution in [0, 0.1) is 12.8 Å². The second kappa shape index (κ2) is 26.3. The van der Waals surface area contributed by atoms with Crippen molar-refractivity contribution in [3.05, 3.63) is 96.3 Å². The number of β-amino-alcohol motifs (C(OH)–C–C–N with tert-alkyl or cyclic N) is 1. The highest BCUT2D eigenvalue weighted by atomic mass is 16.3. The maximum atomic E-state index is 11.1. The first-order valence-corrected chi connectivity index (χ1v) is 17.9. The summed E-state index contributed by atoms with van der Waals surface area (Å²) >= 11 is 0. The van der Waals surface area contributed by atoms with Crippen molar-refractivity contribution in [2.45, 2.75) is 97.6 Å². The molecule has 8 heteroatoms. The lowest BCUT2D eigenvalue weighted by Crippen LogP contribution is -2.49. The Kier molecular flexibility index (Phi) is 23.3. The normalized spacial score (nSPS) is 17.5. The molecule has 4 N–H and O–H groups in total. The van der Waals surface area contributed by atoms with Gasteiger partial charge in [0.05, 0.1) is 6.10 Å². The van der Waals surface area contributed by atoms with Crippen molar-refractivity contribution in [3.63, 3.8) is 0 Å². The largest absolute Gasteiger partial charge is 0.392 e. The Morgan fingerprint density at radius 3 is 2.29 bits per heavy atom. The van der Waals surface area contributed by atoms with Crippen LogP contribution in [0.4, 0.5) is 0 Å². The molecular weight excluding hydrogens is 610 g/mol. The van der Waals surface area contributed by atoms with Crippen molar-refractivity contribution in [2.24, 2.45) is 16.6 Å². The average molecular weight is 676 g/mol. The summed E-state index contributed by atoms with van der Waals surface area (Å²) < 4.78 is 0. The highest BCUT2D eigenvalue weighted by molar-refractivity contribution is 5.79. The van der Waals surface area contributed by atoms with Crippen molar-refractivity contribution in [2.75, 3.05) is 39.3 Å². The summed E-state index contributed by atoms with van der Waals surface area (Å²) in [4.78, 5) is 29.7. The molecule has 2 heterocycles. The second-order valence-corrected chi connectivity index (χ2v) is 13.9. The predicted molar refractivity (Wildman–Crippen MR) is 207 cm³/mol. The van der Waals surface area contributed by atoms with Crippen LogP contribution in [0.1, 0.15) is 84.6 Å². The van der Waals surface area contributed by atoms with Gasteiger partial charge in [-0.2, -0.15) is 0 Å². The van der Waals surface area contributed by atoms with Gasteiger partial charge in [-0.1, -0.05) is 91.4 Å². The summed E-state index contributed by atoms with van der Waals surface area (Å²) in [7, 11) is 0. The fourth-order valence-corrected chi connectivity index (χ4v) is 5.23. The number of piperazine rings is 1. The van der Waals surface area contributed by atoms with Gasteiger partial charge in [-0.3, -0.25) is 19.5 Å². The van der Waals surface area contributed by atoms with Crippen LogP contribution >= 0.6 is 0 Å². The number of hydrogen-bond donors (Lipinski definition) is 3. The number of hydrogen-bond acceptors (Lipinski definition) is 6. The molecule has 1 unspecified atom stereocenters. The predicted octanol–water partition coefficient (Wildman–Crippen LogP) is 6.93. The summed E-state index contributed by atoms with van der Waals surface area (Å²) in [6.45, 7) is 18.9. The van der Waals surface area contributed by atoms with Gasteiger partial charge in [-0.05, 0) is 84.6 Å². The molecule has 0 spiro atoms. The van der Waals surface area contributed by atoms with E-state index >= 15 is 0 Å². The number of nitrogens with one attached hydrogen (secondary N) is 1. The number of nitrogens with two attached hydrogens (primary N) is 1. The molecule has 2 fully saturated rings. The zero-order valence-corrected chi connectivity index (χ0v) is 31.0. The van der Waals surface area contributed by atoms with E-state index in [9.17, 15) is 14.7 Å². The molecule has 49 heavy (non-hydrogen) atoms. The van der Waals surface area contributed by atoms with Gasteiger partial charge in [0, 0.05) is 63.1 Å². The number of allylic oxidation sites excluding steroid dienone is 7. The number of aliphatic hydroxyl groups excluding tert-OH is 1. The highest BCUT2D eigenvalue weighted by Gasteiger charge is 2.21. The number of aliphatic imine (C=N–C) groups is 1. The van der Waals surface area contributed by atoms with E-state index in [1.165, 1.54) is 36.8 Å². The average Bonchev–Trinajstić information content (AvgIpc) is 3.44. The third-order valence-electron chi connectivity index (χ3n) is 8.20. The van der Waals surface area contributed by atoms with Gasteiger partial charge in [0.15, 0.2) is 0 Å². The first-order valence-electron chi connectivity index (χ1n) is 17.9. The molecule has 272 valence electrons. The van der Waals surface area contributed by atoms with Crippen LogP contribution in [0.2, 0.25) is 0 Å². The molecule has 0 bridgehead atoms. The minimum atomic E-state index is -0.487. The number of aliphatic hydroxyl groups is 1. The Labute approximate surface area is 297 Å². The summed E-state index contributed by atoms with van der Waals surface area (Å²) in [5.74, 6) is -0.615. The van der Waals surface area contributed by atoms with Crippen LogP contribution in [-0.4, -0.2) is 84.3 Å². The van der Waals surface area contributed by atoms with E-state index in [-0.39, 0.29) is 17.4 Å². The molecule has 1 saturated carbocycles. The van der Waals surface area contributed by atoms with Crippen LogP contribution in [0.5, 0.6) is 0 Å². The summed E-state index contributed by atoms with van der Waals surface area (Å²) in [6.07, 6.45) is 25.7. The summed E-state index contributed by atoms with van der Waals surface area (Å²) in [6, 6.07) is 10.3. The van der Waals surface area contributed by atoms with Crippen LogP contribution in [0.15, 0.2) is 95.7 Å². The molecule has 2 amide bonds. The molecule has 2 aliphatic heterocycles. The Morgan fingerprint density at radius 1 is 1.10 bits per heavy atom. The Balaban J connectivity index is 0.000000392. The SMILES string of the molecule is C=C/C=C\CC=C1CCCC1.CC(C)(C)NC=O.C[C@H](CC(O)CN1CCN(CCC2=CCC=CN=C2)CC1)C(N)=O.Cc1ccccc1. The second-order valence-electron chi connectivity index (χ2n) is 13.9. The minimum Gasteiger partial charge on any atom is -0.392 e. The molecular formula is C41H65N5O3. The van der Waals surface area contributed by atoms with Crippen molar-refractivity contribution >= 4 is 18.5 Å². The van der Waals surface area contributed by atoms with E-state index in [0.717, 1.165) is 52.0 Å². The van der Waals surface area contributed by atoms with Crippen LogP contribution in [0.3, 0.4) is 0 Å². The monoisotopic (exact) mass is 676 g/mol. The first-order chi connectivity index (χ1) is 23.4. The lowest BCUT2D eigenvalue weighted by atomic mass is 10.0. The number of amides is 2. The van der Waals surface area contributed by atoms with E-state index in [0.29, 0.717) is 19.4 Å². The number of benzene rings is 1. The van der Waals surface area contributed by atoms with Gasteiger partial charge < -0.3 is 21.1 Å². The van der Waals surface area contributed by atoms with E-state index in [4.69, 9.17) is 5.73 Å². The van der Waals surface area contributed by atoms with Crippen molar-refractivity contribution in [3.8, 4) is 0 Å². The number of rotatable bonds is 12. The number of nitrogens with zero attached hydrogens (tertiary/aromatic N) is 3. The number of carbonyl (C=O) groups is 2. The van der Waals surface area contributed by atoms with Crippen LogP contribution in [0.25, 0.3) is 0 Å². The maximum absolute atomic E-state index is 11.1. The van der Waals surface area contributed by atoms with E-state index < -0.39 is 6.10 Å². The lowest BCUT2D eigenvalue weighted by molar-refractivity contribution is -0.122. The Bertz CT molecular complexity index is 1200.